The topological polar surface area (TPSA) is 41.1 Å². The third-order valence-corrected chi connectivity index (χ3v) is 3.76. The average Bonchev–Trinajstić information content (AvgIpc) is 2.49. The Hall–Kier alpha value is -1.35. The lowest BCUT2D eigenvalue weighted by molar-refractivity contribution is -0.118. The molecule has 1 aromatic carbocycles. The van der Waals surface area contributed by atoms with Crippen molar-refractivity contribution in [2.75, 3.05) is 5.32 Å². The fourth-order valence-electron chi connectivity index (χ4n) is 2.18. The van der Waals surface area contributed by atoms with Crippen LogP contribution in [0.3, 0.4) is 0 Å². The van der Waals surface area contributed by atoms with Crippen LogP contribution >= 0.6 is 0 Å². The molecule has 1 amide bonds. The number of nitrogens with one attached hydrogen (secondary N) is 2. The van der Waals surface area contributed by atoms with Crippen LogP contribution in [0.2, 0.25) is 0 Å². The zero-order chi connectivity index (χ0) is 13.1. The Morgan fingerprint density at radius 3 is 2.72 bits per heavy atom. The van der Waals surface area contributed by atoms with Gasteiger partial charge >= 0.3 is 0 Å². The van der Waals surface area contributed by atoms with E-state index in [1.165, 1.54) is 5.56 Å². The molecule has 0 fully saturated rings. The minimum absolute atomic E-state index is 0.0881. The molecule has 0 saturated carbocycles. The van der Waals surface area contributed by atoms with Crippen LogP contribution < -0.4 is 10.6 Å². The van der Waals surface area contributed by atoms with E-state index in [0.29, 0.717) is 12.0 Å². The van der Waals surface area contributed by atoms with Gasteiger partial charge in [0, 0.05) is 11.7 Å². The van der Waals surface area contributed by atoms with Crippen LogP contribution in [-0.4, -0.2) is 18.0 Å². The predicted octanol–water partition coefficient (Wildman–Crippen LogP) is 2.57. The Morgan fingerprint density at radius 1 is 1.28 bits per heavy atom. The highest BCUT2D eigenvalue weighted by molar-refractivity contribution is 5.96. The molecular formula is C15H22N2O. The monoisotopic (exact) mass is 246 g/mol. The molecule has 2 unspecified atom stereocenters. The van der Waals surface area contributed by atoms with Crippen molar-refractivity contribution in [2.24, 2.45) is 5.92 Å². The Morgan fingerprint density at radius 2 is 2.00 bits per heavy atom. The lowest BCUT2D eigenvalue weighted by Gasteiger charge is -2.23. The van der Waals surface area contributed by atoms with Gasteiger partial charge in [0.2, 0.25) is 5.91 Å². The van der Waals surface area contributed by atoms with Crippen LogP contribution in [0.5, 0.6) is 0 Å². The summed E-state index contributed by atoms with van der Waals surface area (Å²) in [5.41, 5.74) is 2.19. The van der Waals surface area contributed by atoms with Crippen molar-refractivity contribution >= 4 is 11.6 Å². The first kappa shape index (κ1) is 13.1. The maximum atomic E-state index is 12.2. The van der Waals surface area contributed by atoms with Crippen molar-refractivity contribution in [1.29, 1.82) is 0 Å². The van der Waals surface area contributed by atoms with Crippen LogP contribution in [0.25, 0.3) is 0 Å². The van der Waals surface area contributed by atoms with Gasteiger partial charge in [-0.15, -0.1) is 0 Å². The molecule has 0 aromatic heterocycles. The van der Waals surface area contributed by atoms with Crippen LogP contribution in [0.15, 0.2) is 24.3 Å². The molecule has 2 N–H and O–H groups in total. The Bertz CT molecular complexity index is 428. The molecule has 1 heterocycles. The van der Waals surface area contributed by atoms with Crippen LogP contribution in [0, 0.1) is 5.92 Å². The summed E-state index contributed by atoms with van der Waals surface area (Å²) in [6.07, 6.45) is 1.80. The van der Waals surface area contributed by atoms with Crippen molar-refractivity contribution in [1.82, 2.24) is 5.32 Å². The van der Waals surface area contributed by atoms with Gasteiger partial charge < -0.3 is 10.6 Å². The Kier molecular flexibility index (Phi) is 4.02. The minimum Gasteiger partial charge on any atom is -0.324 e. The number of benzene rings is 1. The third-order valence-electron chi connectivity index (χ3n) is 3.76. The first-order valence-corrected chi connectivity index (χ1v) is 6.72. The van der Waals surface area contributed by atoms with Crippen LogP contribution in [-0.2, 0) is 11.2 Å². The standard InChI is InChI=1S/C15H22N2O/c1-10(2)11(3)16-14-9-8-12-6-4-5-7-13(12)17-15(14)18/h4-7,10-11,14,16H,8-9H2,1-3H3,(H,17,18). The van der Waals surface area contributed by atoms with Gasteiger partial charge in [-0.25, -0.2) is 0 Å². The SMILES string of the molecule is CC(C)C(C)NC1CCc2ccccc2NC1=O. The van der Waals surface area contributed by atoms with E-state index in [2.05, 4.69) is 37.5 Å². The van der Waals surface area contributed by atoms with Gasteiger partial charge in [0.1, 0.15) is 0 Å². The molecule has 2 atom stereocenters. The molecule has 0 aliphatic carbocycles. The number of anilines is 1. The van der Waals surface area contributed by atoms with Gasteiger partial charge in [0.15, 0.2) is 0 Å². The van der Waals surface area contributed by atoms with E-state index >= 15 is 0 Å². The van der Waals surface area contributed by atoms with Gasteiger partial charge in [-0.05, 0) is 37.3 Å². The van der Waals surface area contributed by atoms with Gasteiger partial charge in [0.25, 0.3) is 0 Å². The van der Waals surface area contributed by atoms with Crippen molar-refractivity contribution in [3.63, 3.8) is 0 Å². The molecule has 2 rings (SSSR count). The van der Waals surface area contributed by atoms with Gasteiger partial charge in [0.05, 0.1) is 6.04 Å². The number of carbonyl (C=O) groups excluding carboxylic acids is 1. The quantitative estimate of drug-likeness (QED) is 0.860. The van der Waals surface area contributed by atoms with Crippen LogP contribution in [0.1, 0.15) is 32.8 Å². The number of aryl methyl sites for hydroxylation is 1. The molecule has 1 aliphatic heterocycles. The van der Waals surface area contributed by atoms with Crippen molar-refractivity contribution in [3.8, 4) is 0 Å². The number of carbonyl (C=O) groups is 1. The first-order valence-electron chi connectivity index (χ1n) is 6.72. The molecule has 0 bridgehead atoms. The number of amides is 1. The zero-order valence-corrected chi connectivity index (χ0v) is 11.4. The molecule has 18 heavy (non-hydrogen) atoms. The van der Waals surface area contributed by atoms with Gasteiger partial charge in [-0.2, -0.15) is 0 Å². The summed E-state index contributed by atoms with van der Waals surface area (Å²) >= 11 is 0. The lowest BCUT2D eigenvalue weighted by atomic mass is 10.0. The summed E-state index contributed by atoms with van der Waals surface area (Å²) < 4.78 is 0. The number of fused-ring (bicyclic) bond motifs is 1. The molecule has 3 heteroatoms. The van der Waals surface area contributed by atoms with E-state index in [0.717, 1.165) is 18.5 Å². The molecule has 3 nitrogen and oxygen atoms in total. The van der Waals surface area contributed by atoms with E-state index in [9.17, 15) is 4.79 Å². The number of rotatable bonds is 3. The Labute approximate surface area is 109 Å². The van der Waals surface area contributed by atoms with E-state index < -0.39 is 0 Å². The average molecular weight is 246 g/mol. The van der Waals surface area contributed by atoms with Crippen LogP contribution in [0.4, 0.5) is 5.69 Å². The summed E-state index contributed by atoms with van der Waals surface area (Å²) in [5, 5.41) is 6.45. The lowest BCUT2D eigenvalue weighted by Crippen LogP contribution is -2.46. The third kappa shape index (κ3) is 2.91. The Balaban J connectivity index is 2.08. The number of hydrogen-bond acceptors (Lipinski definition) is 2. The second kappa shape index (κ2) is 5.53. The summed E-state index contributed by atoms with van der Waals surface area (Å²) in [7, 11) is 0. The largest absolute Gasteiger partial charge is 0.324 e. The summed E-state index contributed by atoms with van der Waals surface area (Å²) in [6.45, 7) is 6.47. The summed E-state index contributed by atoms with van der Waals surface area (Å²) in [4.78, 5) is 12.2. The smallest absolute Gasteiger partial charge is 0.241 e. The maximum absolute atomic E-state index is 12.2. The molecule has 0 spiro atoms. The van der Waals surface area contributed by atoms with Crippen molar-refractivity contribution < 1.29 is 4.79 Å². The molecule has 0 saturated heterocycles. The number of para-hydroxylation sites is 1. The van der Waals surface area contributed by atoms with Gasteiger partial charge in [-0.1, -0.05) is 32.0 Å². The maximum Gasteiger partial charge on any atom is 0.241 e. The van der Waals surface area contributed by atoms with Gasteiger partial charge in [-0.3, -0.25) is 4.79 Å². The van der Waals surface area contributed by atoms with E-state index in [1.807, 2.05) is 18.2 Å². The van der Waals surface area contributed by atoms with E-state index in [-0.39, 0.29) is 11.9 Å². The molecular weight excluding hydrogens is 224 g/mol. The molecule has 1 aromatic rings. The predicted molar refractivity (Wildman–Crippen MR) is 74.6 cm³/mol. The fourth-order valence-corrected chi connectivity index (χ4v) is 2.18. The first-order chi connectivity index (χ1) is 8.58. The second-order valence-corrected chi connectivity index (χ2v) is 5.44. The highest BCUT2D eigenvalue weighted by Gasteiger charge is 2.25. The highest BCUT2D eigenvalue weighted by Crippen LogP contribution is 2.21. The molecule has 0 radical (unpaired) electrons. The summed E-state index contributed by atoms with van der Waals surface area (Å²) in [5.74, 6) is 0.621. The molecule has 1 aliphatic rings. The van der Waals surface area contributed by atoms with Crippen molar-refractivity contribution in [2.45, 2.75) is 45.7 Å². The number of hydrogen-bond donors (Lipinski definition) is 2. The zero-order valence-electron chi connectivity index (χ0n) is 11.4. The summed E-state index contributed by atoms with van der Waals surface area (Å²) in [6, 6.07) is 8.31. The minimum atomic E-state index is -0.0881. The van der Waals surface area contributed by atoms with Crippen molar-refractivity contribution in [3.05, 3.63) is 29.8 Å². The molecule has 98 valence electrons. The normalized spacial score (nSPS) is 21.1. The fraction of sp³-hybridized carbons (Fsp3) is 0.533. The second-order valence-electron chi connectivity index (χ2n) is 5.44. The van der Waals surface area contributed by atoms with E-state index in [4.69, 9.17) is 0 Å². The highest BCUT2D eigenvalue weighted by atomic mass is 16.2. The van der Waals surface area contributed by atoms with E-state index in [1.54, 1.807) is 0 Å².